The zero-order valence-corrected chi connectivity index (χ0v) is 17.1. The zero-order valence-electron chi connectivity index (χ0n) is 17.1. The molecule has 4 rings (SSSR count). The SMILES string of the molecule is O=C(CCc1ccccc1-c1ccccc1)CCc1ccccc1-c1ccccc1. The standard InChI is InChI=1S/C29H26O/c30-27(21-19-25-15-7-9-17-28(25)23-11-3-1-4-12-23)22-20-26-16-8-10-18-29(26)24-13-5-2-6-14-24/h1-18H,19-22H2. The third-order valence-electron chi connectivity index (χ3n) is 5.55. The molecule has 4 aromatic carbocycles. The minimum atomic E-state index is 0.320. The van der Waals surface area contributed by atoms with E-state index >= 15 is 0 Å². The van der Waals surface area contributed by atoms with Gasteiger partial charge in [0.05, 0.1) is 0 Å². The monoisotopic (exact) mass is 390 g/mol. The van der Waals surface area contributed by atoms with Crippen molar-refractivity contribution >= 4 is 5.78 Å². The second-order valence-corrected chi connectivity index (χ2v) is 7.59. The van der Waals surface area contributed by atoms with Crippen LogP contribution in [-0.2, 0) is 17.6 Å². The number of benzene rings is 4. The van der Waals surface area contributed by atoms with E-state index in [1.807, 2.05) is 12.1 Å². The number of rotatable bonds is 8. The van der Waals surface area contributed by atoms with Crippen LogP contribution in [0, 0.1) is 0 Å². The fourth-order valence-electron chi connectivity index (χ4n) is 3.95. The van der Waals surface area contributed by atoms with E-state index in [-0.39, 0.29) is 0 Å². The van der Waals surface area contributed by atoms with Gasteiger partial charge in [-0.1, -0.05) is 109 Å². The van der Waals surface area contributed by atoms with E-state index in [0.29, 0.717) is 18.6 Å². The van der Waals surface area contributed by atoms with Crippen molar-refractivity contribution < 1.29 is 4.79 Å². The Morgan fingerprint density at radius 3 is 1.27 bits per heavy atom. The minimum absolute atomic E-state index is 0.320. The molecular formula is C29H26O. The molecule has 0 atom stereocenters. The van der Waals surface area contributed by atoms with Crippen LogP contribution >= 0.6 is 0 Å². The van der Waals surface area contributed by atoms with Crippen LogP contribution in [-0.4, -0.2) is 5.78 Å². The summed E-state index contributed by atoms with van der Waals surface area (Å²) in [7, 11) is 0. The zero-order chi connectivity index (χ0) is 20.6. The first-order valence-corrected chi connectivity index (χ1v) is 10.6. The summed E-state index contributed by atoms with van der Waals surface area (Å²) in [6.07, 6.45) is 2.73. The summed E-state index contributed by atoms with van der Waals surface area (Å²) in [5.41, 5.74) is 7.33. The largest absolute Gasteiger partial charge is 0.300 e. The normalized spacial score (nSPS) is 10.7. The lowest BCUT2D eigenvalue weighted by Gasteiger charge is -2.11. The van der Waals surface area contributed by atoms with Crippen molar-refractivity contribution in [3.05, 3.63) is 120 Å². The number of hydrogen-bond acceptors (Lipinski definition) is 1. The second kappa shape index (κ2) is 9.84. The molecule has 0 aromatic heterocycles. The van der Waals surface area contributed by atoms with Crippen LogP contribution in [0.1, 0.15) is 24.0 Å². The average Bonchev–Trinajstić information content (AvgIpc) is 2.83. The summed E-state index contributed by atoms with van der Waals surface area (Å²) in [4.78, 5) is 12.7. The van der Waals surface area contributed by atoms with Crippen molar-refractivity contribution in [3.63, 3.8) is 0 Å². The Labute approximate surface area is 179 Å². The molecule has 0 aliphatic rings. The van der Waals surface area contributed by atoms with E-state index < -0.39 is 0 Å². The molecule has 0 aliphatic heterocycles. The Morgan fingerprint density at radius 2 is 0.833 bits per heavy atom. The molecule has 1 heteroatoms. The maximum atomic E-state index is 12.7. The summed E-state index contributed by atoms with van der Waals surface area (Å²) >= 11 is 0. The van der Waals surface area contributed by atoms with Gasteiger partial charge in [-0.15, -0.1) is 0 Å². The molecular weight excluding hydrogens is 364 g/mol. The summed E-state index contributed by atoms with van der Waals surface area (Å²) in [6.45, 7) is 0. The molecule has 0 bridgehead atoms. The highest BCUT2D eigenvalue weighted by Crippen LogP contribution is 2.26. The third kappa shape index (κ3) is 4.93. The van der Waals surface area contributed by atoms with E-state index in [2.05, 4.69) is 97.1 Å². The molecule has 0 unspecified atom stereocenters. The molecule has 1 nitrogen and oxygen atoms in total. The highest BCUT2D eigenvalue weighted by atomic mass is 16.1. The van der Waals surface area contributed by atoms with E-state index in [1.165, 1.54) is 33.4 Å². The first-order chi connectivity index (χ1) is 14.8. The molecule has 4 aromatic rings. The molecule has 0 N–H and O–H groups in total. The Morgan fingerprint density at radius 1 is 0.467 bits per heavy atom. The Kier molecular flexibility index (Phi) is 6.51. The average molecular weight is 391 g/mol. The maximum absolute atomic E-state index is 12.7. The molecule has 0 aliphatic carbocycles. The van der Waals surface area contributed by atoms with Gasteiger partial charge in [0.25, 0.3) is 0 Å². The van der Waals surface area contributed by atoms with Gasteiger partial charge >= 0.3 is 0 Å². The Bertz CT molecular complexity index is 1010. The van der Waals surface area contributed by atoms with Gasteiger partial charge in [0, 0.05) is 12.8 Å². The van der Waals surface area contributed by atoms with Gasteiger partial charge in [-0.25, -0.2) is 0 Å². The maximum Gasteiger partial charge on any atom is 0.133 e. The van der Waals surface area contributed by atoms with Gasteiger partial charge in [0.2, 0.25) is 0 Å². The first-order valence-electron chi connectivity index (χ1n) is 10.6. The van der Waals surface area contributed by atoms with Crippen molar-refractivity contribution in [1.29, 1.82) is 0 Å². The fraction of sp³-hybridized carbons (Fsp3) is 0.138. The highest BCUT2D eigenvalue weighted by Gasteiger charge is 2.10. The molecule has 0 spiro atoms. The molecule has 0 saturated carbocycles. The van der Waals surface area contributed by atoms with Crippen molar-refractivity contribution in [2.45, 2.75) is 25.7 Å². The highest BCUT2D eigenvalue weighted by molar-refractivity contribution is 5.80. The van der Waals surface area contributed by atoms with Crippen LogP contribution in [0.3, 0.4) is 0 Å². The summed E-state index contributed by atoms with van der Waals surface area (Å²) in [6, 6.07) is 37.6. The van der Waals surface area contributed by atoms with Crippen LogP contribution in [0.2, 0.25) is 0 Å². The third-order valence-corrected chi connectivity index (χ3v) is 5.55. The molecule has 0 fully saturated rings. The molecule has 0 heterocycles. The van der Waals surface area contributed by atoms with E-state index in [1.54, 1.807) is 0 Å². The van der Waals surface area contributed by atoms with Crippen LogP contribution in [0.5, 0.6) is 0 Å². The van der Waals surface area contributed by atoms with Crippen LogP contribution in [0.25, 0.3) is 22.3 Å². The van der Waals surface area contributed by atoms with Gasteiger partial charge in [0.1, 0.15) is 5.78 Å². The van der Waals surface area contributed by atoms with E-state index in [0.717, 1.165) is 12.8 Å². The van der Waals surface area contributed by atoms with Gasteiger partial charge in [0.15, 0.2) is 0 Å². The topological polar surface area (TPSA) is 17.1 Å². The number of aryl methyl sites for hydroxylation is 2. The summed E-state index contributed by atoms with van der Waals surface area (Å²) in [5, 5.41) is 0. The predicted molar refractivity (Wildman–Crippen MR) is 125 cm³/mol. The van der Waals surface area contributed by atoms with E-state index in [4.69, 9.17) is 0 Å². The summed E-state index contributed by atoms with van der Waals surface area (Å²) < 4.78 is 0. The minimum Gasteiger partial charge on any atom is -0.300 e. The lowest BCUT2D eigenvalue weighted by molar-refractivity contribution is -0.119. The lowest BCUT2D eigenvalue weighted by Crippen LogP contribution is -2.03. The van der Waals surface area contributed by atoms with Crippen LogP contribution in [0.15, 0.2) is 109 Å². The lowest BCUT2D eigenvalue weighted by atomic mass is 9.93. The van der Waals surface area contributed by atoms with Crippen LogP contribution < -0.4 is 0 Å². The molecule has 148 valence electrons. The predicted octanol–water partition coefficient (Wildman–Crippen LogP) is 7.16. The van der Waals surface area contributed by atoms with Gasteiger partial charge < -0.3 is 0 Å². The fourth-order valence-corrected chi connectivity index (χ4v) is 3.95. The van der Waals surface area contributed by atoms with E-state index in [9.17, 15) is 4.79 Å². The number of carbonyl (C=O) groups excluding carboxylic acids is 1. The summed E-state index contributed by atoms with van der Waals surface area (Å²) in [5.74, 6) is 0.320. The number of carbonyl (C=O) groups is 1. The number of ketones is 1. The van der Waals surface area contributed by atoms with Gasteiger partial charge in [-0.3, -0.25) is 4.79 Å². The molecule has 0 saturated heterocycles. The van der Waals surface area contributed by atoms with Gasteiger partial charge in [-0.05, 0) is 46.2 Å². The molecule has 0 amide bonds. The van der Waals surface area contributed by atoms with Crippen molar-refractivity contribution in [2.24, 2.45) is 0 Å². The second-order valence-electron chi connectivity index (χ2n) is 7.59. The Balaban J connectivity index is 1.40. The first kappa shape index (κ1) is 19.8. The van der Waals surface area contributed by atoms with Crippen molar-refractivity contribution in [2.75, 3.05) is 0 Å². The van der Waals surface area contributed by atoms with Crippen molar-refractivity contribution in [1.82, 2.24) is 0 Å². The van der Waals surface area contributed by atoms with Crippen LogP contribution in [0.4, 0.5) is 0 Å². The number of hydrogen-bond donors (Lipinski definition) is 0. The molecule has 0 radical (unpaired) electrons. The number of Topliss-reactive ketones (excluding diaryl/α,β-unsaturated/α-hetero) is 1. The van der Waals surface area contributed by atoms with Gasteiger partial charge in [-0.2, -0.15) is 0 Å². The quantitative estimate of drug-likeness (QED) is 0.312. The van der Waals surface area contributed by atoms with Crippen molar-refractivity contribution in [3.8, 4) is 22.3 Å². The smallest absolute Gasteiger partial charge is 0.133 e. The Hall–Kier alpha value is -3.45. The molecule has 30 heavy (non-hydrogen) atoms.